The van der Waals surface area contributed by atoms with Crippen LogP contribution < -0.4 is 10.1 Å². The lowest BCUT2D eigenvalue weighted by Crippen LogP contribution is -2.34. The number of esters is 1. The Hall–Kier alpha value is -4.13. The highest BCUT2D eigenvalue weighted by molar-refractivity contribution is 5.97. The maximum Gasteiger partial charge on any atom is 0.333 e. The topological polar surface area (TPSA) is 81.9 Å². The first-order chi connectivity index (χ1) is 15.1. The zero-order chi connectivity index (χ0) is 21.6. The molecule has 0 saturated heterocycles. The second-order valence-corrected chi connectivity index (χ2v) is 6.86. The van der Waals surface area contributed by atoms with Crippen molar-refractivity contribution in [3.8, 4) is 5.75 Å². The first kappa shape index (κ1) is 20.2. The van der Waals surface area contributed by atoms with E-state index in [4.69, 9.17) is 9.47 Å². The summed E-state index contributed by atoms with van der Waals surface area (Å²) >= 11 is 0. The largest absolute Gasteiger partial charge is 0.487 e. The lowest BCUT2D eigenvalue weighted by atomic mass is 10.1. The molecular weight excluding hydrogens is 394 g/mol. The Bertz CT molecular complexity index is 1170. The second-order valence-electron chi connectivity index (χ2n) is 6.86. The molecule has 31 heavy (non-hydrogen) atoms. The van der Waals surface area contributed by atoms with Gasteiger partial charge in [-0.15, -0.1) is 0 Å². The van der Waals surface area contributed by atoms with E-state index in [1.54, 1.807) is 48.5 Å². The lowest BCUT2D eigenvalue weighted by Gasteiger charge is -2.17. The number of hydrogen-bond donors (Lipinski definition) is 1. The summed E-state index contributed by atoms with van der Waals surface area (Å²) in [5.74, 6) is -0.421. The maximum absolute atomic E-state index is 12.8. The van der Waals surface area contributed by atoms with Crippen LogP contribution in [0.5, 0.6) is 5.75 Å². The fourth-order valence-electron chi connectivity index (χ4n) is 3.20. The molecule has 0 radical (unpaired) electrons. The molecule has 1 unspecified atom stereocenters. The summed E-state index contributed by atoms with van der Waals surface area (Å²) in [5.41, 5.74) is 2.62. The molecule has 1 amide bonds. The Morgan fingerprint density at radius 1 is 1.03 bits per heavy atom. The number of pyridine rings is 1. The smallest absolute Gasteiger partial charge is 0.333 e. The van der Waals surface area contributed by atoms with Gasteiger partial charge in [-0.3, -0.25) is 4.79 Å². The van der Waals surface area contributed by atoms with Gasteiger partial charge >= 0.3 is 5.97 Å². The summed E-state index contributed by atoms with van der Waals surface area (Å²) in [5, 5.41) is 2.73. The van der Waals surface area contributed by atoms with Crippen molar-refractivity contribution < 1.29 is 19.1 Å². The zero-order valence-electron chi connectivity index (χ0n) is 16.9. The number of hydrogen-bond acceptors (Lipinski definition) is 5. The summed E-state index contributed by atoms with van der Waals surface area (Å²) < 4.78 is 12.6. The monoisotopic (exact) mass is 415 g/mol. The van der Waals surface area contributed by atoms with Crippen molar-refractivity contribution in [2.24, 2.45) is 0 Å². The van der Waals surface area contributed by atoms with Gasteiger partial charge in [0.05, 0.1) is 12.8 Å². The van der Waals surface area contributed by atoms with Gasteiger partial charge < -0.3 is 19.2 Å². The van der Waals surface area contributed by atoms with Crippen LogP contribution in [0.15, 0.2) is 85.2 Å². The molecule has 7 nitrogen and oxygen atoms in total. The number of imidazole rings is 1. The zero-order valence-corrected chi connectivity index (χ0v) is 16.9. The van der Waals surface area contributed by atoms with Crippen LogP contribution in [0, 0.1) is 0 Å². The van der Waals surface area contributed by atoms with E-state index in [0.29, 0.717) is 16.9 Å². The molecule has 0 spiro atoms. The normalized spacial score (nSPS) is 11.6. The summed E-state index contributed by atoms with van der Waals surface area (Å²) in [6, 6.07) is 20.6. The quantitative estimate of drug-likeness (QED) is 0.467. The SMILES string of the molecule is COC(=O)C(NC(=O)c1cccc(OCc2cn3ccccc3n2)c1)c1ccccc1. The molecule has 0 saturated carbocycles. The number of benzene rings is 2. The Morgan fingerprint density at radius 2 is 1.84 bits per heavy atom. The predicted octanol–water partition coefficient (Wildman–Crippen LogP) is 3.56. The van der Waals surface area contributed by atoms with Crippen LogP contribution in [0.2, 0.25) is 0 Å². The first-order valence-electron chi connectivity index (χ1n) is 9.73. The van der Waals surface area contributed by atoms with Crippen molar-refractivity contribution in [1.29, 1.82) is 0 Å². The van der Waals surface area contributed by atoms with E-state index in [0.717, 1.165) is 11.3 Å². The molecule has 0 aliphatic carbocycles. The fourth-order valence-corrected chi connectivity index (χ4v) is 3.20. The minimum Gasteiger partial charge on any atom is -0.487 e. The molecule has 4 aromatic rings. The van der Waals surface area contributed by atoms with E-state index in [1.165, 1.54) is 7.11 Å². The molecule has 2 aromatic heterocycles. The number of nitrogens with one attached hydrogen (secondary N) is 1. The third-order valence-corrected chi connectivity index (χ3v) is 4.74. The highest BCUT2D eigenvalue weighted by Gasteiger charge is 2.24. The molecule has 0 fully saturated rings. The summed E-state index contributed by atoms with van der Waals surface area (Å²) in [6.45, 7) is 0.265. The Balaban J connectivity index is 1.46. The highest BCUT2D eigenvalue weighted by Crippen LogP contribution is 2.18. The maximum atomic E-state index is 12.8. The van der Waals surface area contributed by atoms with E-state index >= 15 is 0 Å². The van der Waals surface area contributed by atoms with Gasteiger partial charge in [-0.25, -0.2) is 9.78 Å². The average Bonchev–Trinajstić information content (AvgIpc) is 3.24. The Labute approximate surface area is 179 Å². The number of ether oxygens (including phenoxy) is 2. The van der Waals surface area contributed by atoms with Gasteiger partial charge in [0.1, 0.15) is 18.0 Å². The number of carbonyl (C=O) groups excluding carboxylic acids is 2. The Kier molecular flexibility index (Phi) is 5.93. The van der Waals surface area contributed by atoms with Gasteiger partial charge in [0.25, 0.3) is 5.91 Å². The van der Waals surface area contributed by atoms with Crippen molar-refractivity contribution in [1.82, 2.24) is 14.7 Å². The molecule has 1 atom stereocenters. The van der Waals surface area contributed by atoms with Gasteiger partial charge in [0.2, 0.25) is 0 Å². The van der Waals surface area contributed by atoms with Gasteiger partial charge in [-0.05, 0) is 35.9 Å². The number of amides is 1. The van der Waals surface area contributed by atoms with Crippen LogP contribution in [0.25, 0.3) is 5.65 Å². The van der Waals surface area contributed by atoms with Crippen molar-refractivity contribution in [3.63, 3.8) is 0 Å². The van der Waals surface area contributed by atoms with Crippen LogP contribution in [-0.2, 0) is 16.1 Å². The summed E-state index contributed by atoms with van der Waals surface area (Å²) in [4.78, 5) is 29.5. The molecule has 7 heteroatoms. The van der Waals surface area contributed by atoms with E-state index in [1.807, 2.05) is 41.1 Å². The van der Waals surface area contributed by atoms with Crippen molar-refractivity contribution in [2.45, 2.75) is 12.6 Å². The number of rotatable bonds is 7. The second kappa shape index (κ2) is 9.13. The summed E-state index contributed by atoms with van der Waals surface area (Å²) in [6.07, 6.45) is 3.81. The van der Waals surface area contributed by atoms with E-state index in [2.05, 4.69) is 10.3 Å². The number of nitrogens with zero attached hydrogens (tertiary/aromatic N) is 2. The molecular formula is C24H21N3O4. The third kappa shape index (κ3) is 4.72. The van der Waals surface area contributed by atoms with Crippen molar-refractivity contribution >= 4 is 17.5 Å². The highest BCUT2D eigenvalue weighted by atomic mass is 16.5. The molecule has 0 bridgehead atoms. The van der Waals surface area contributed by atoms with E-state index < -0.39 is 17.9 Å². The molecule has 2 heterocycles. The average molecular weight is 415 g/mol. The molecule has 0 aliphatic rings. The standard InChI is InChI=1S/C24H21N3O4/c1-30-24(29)22(17-8-3-2-4-9-17)26-23(28)18-10-7-11-20(14-18)31-16-19-15-27-13-6-5-12-21(27)25-19/h2-15,22H,16H2,1H3,(H,26,28). The molecule has 156 valence electrons. The molecule has 1 N–H and O–H groups in total. The number of carbonyl (C=O) groups is 2. The Morgan fingerprint density at radius 3 is 2.61 bits per heavy atom. The van der Waals surface area contributed by atoms with Crippen molar-refractivity contribution in [2.75, 3.05) is 7.11 Å². The number of aromatic nitrogens is 2. The predicted molar refractivity (Wildman–Crippen MR) is 115 cm³/mol. The van der Waals surface area contributed by atoms with Crippen LogP contribution >= 0.6 is 0 Å². The van der Waals surface area contributed by atoms with Crippen LogP contribution in [-0.4, -0.2) is 28.4 Å². The van der Waals surface area contributed by atoms with Gasteiger partial charge in [-0.2, -0.15) is 0 Å². The van der Waals surface area contributed by atoms with E-state index in [-0.39, 0.29) is 6.61 Å². The first-order valence-corrected chi connectivity index (χ1v) is 9.73. The van der Waals surface area contributed by atoms with Crippen LogP contribution in [0.4, 0.5) is 0 Å². The van der Waals surface area contributed by atoms with Crippen molar-refractivity contribution in [3.05, 3.63) is 102 Å². The number of methoxy groups -OCH3 is 1. The van der Waals surface area contributed by atoms with Gasteiger partial charge in [0.15, 0.2) is 6.04 Å². The van der Waals surface area contributed by atoms with Gasteiger partial charge in [0, 0.05) is 18.0 Å². The third-order valence-electron chi connectivity index (χ3n) is 4.74. The summed E-state index contributed by atoms with van der Waals surface area (Å²) in [7, 11) is 1.29. The van der Waals surface area contributed by atoms with Gasteiger partial charge in [-0.1, -0.05) is 42.5 Å². The van der Waals surface area contributed by atoms with E-state index in [9.17, 15) is 9.59 Å². The molecule has 2 aromatic carbocycles. The fraction of sp³-hybridized carbons (Fsp3) is 0.125. The van der Waals surface area contributed by atoms with Crippen LogP contribution in [0.1, 0.15) is 27.7 Å². The molecule has 0 aliphatic heterocycles. The van der Waals surface area contributed by atoms with Crippen LogP contribution in [0.3, 0.4) is 0 Å². The minimum absolute atomic E-state index is 0.265. The minimum atomic E-state index is -0.902. The molecule has 4 rings (SSSR count). The number of fused-ring (bicyclic) bond motifs is 1. The lowest BCUT2D eigenvalue weighted by molar-refractivity contribution is -0.143.